The molecule has 3 atom stereocenters. The van der Waals surface area contributed by atoms with Crippen molar-refractivity contribution in [1.82, 2.24) is 0 Å². The molecule has 1 aromatic carbocycles. The molecule has 4 rings (SSSR count). The van der Waals surface area contributed by atoms with Crippen molar-refractivity contribution in [3.63, 3.8) is 0 Å². The molecule has 3 nitrogen and oxygen atoms in total. The molecule has 3 aliphatic rings. The first-order chi connectivity index (χ1) is 18.6. The van der Waals surface area contributed by atoms with Gasteiger partial charge in [0.25, 0.3) is 0 Å². The Morgan fingerprint density at radius 2 is 1.34 bits per heavy atom. The summed E-state index contributed by atoms with van der Waals surface area (Å²) in [6, 6.07) is 7.33. The van der Waals surface area contributed by atoms with Gasteiger partial charge in [-0.05, 0) is 122 Å². The zero-order chi connectivity index (χ0) is 30.7. The van der Waals surface area contributed by atoms with Crippen molar-refractivity contribution >= 4 is 22.2 Å². The number of hydrogen-bond acceptors (Lipinski definition) is 3. The van der Waals surface area contributed by atoms with E-state index < -0.39 is 16.6 Å². The summed E-state index contributed by atoms with van der Waals surface area (Å²) in [6.45, 7) is 32.0. The molecule has 0 radical (unpaired) electrons. The highest BCUT2D eigenvalue weighted by Crippen LogP contribution is 2.55. The predicted octanol–water partition coefficient (Wildman–Crippen LogP) is 10.8. The van der Waals surface area contributed by atoms with Crippen molar-refractivity contribution in [3.05, 3.63) is 41.0 Å². The second-order valence-electron chi connectivity index (χ2n) is 17.8. The lowest BCUT2D eigenvalue weighted by molar-refractivity contribution is -0.173. The third kappa shape index (κ3) is 7.16. The summed E-state index contributed by atoms with van der Waals surface area (Å²) < 4.78 is 21.0. The quantitative estimate of drug-likeness (QED) is 0.279. The third-order valence-corrected chi connectivity index (χ3v) is 20.7. The minimum absolute atomic E-state index is 0.187. The number of allylic oxidation sites excluding steroid dienone is 2. The third-order valence-electron chi connectivity index (χ3n) is 11.8. The van der Waals surface area contributed by atoms with Gasteiger partial charge in [-0.1, -0.05) is 79.7 Å². The number of ether oxygens (including phenoxy) is 1. The van der Waals surface area contributed by atoms with Crippen LogP contribution in [0.1, 0.15) is 123 Å². The van der Waals surface area contributed by atoms with Gasteiger partial charge in [0.05, 0.1) is 24.4 Å². The molecule has 2 bridgehead atoms. The van der Waals surface area contributed by atoms with Gasteiger partial charge in [-0.2, -0.15) is 0 Å². The van der Waals surface area contributed by atoms with Crippen molar-refractivity contribution in [3.8, 4) is 0 Å². The molecule has 0 saturated carbocycles. The van der Waals surface area contributed by atoms with E-state index in [2.05, 4.69) is 113 Å². The lowest BCUT2D eigenvalue weighted by atomic mass is 9.75. The Balaban J connectivity index is 1.65. The van der Waals surface area contributed by atoms with Crippen molar-refractivity contribution < 1.29 is 13.6 Å². The summed E-state index contributed by atoms with van der Waals surface area (Å²) in [7, 11) is -3.79. The van der Waals surface area contributed by atoms with Crippen molar-refractivity contribution in [2.75, 3.05) is 13.2 Å². The van der Waals surface area contributed by atoms with Gasteiger partial charge in [0, 0.05) is 0 Å². The van der Waals surface area contributed by atoms with E-state index in [1.165, 1.54) is 36.0 Å². The average Bonchev–Trinajstić information content (AvgIpc) is 3.11. The van der Waals surface area contributed by atoms with Crippen molar-refractivity contribution in [2.24, 2.45) is 5.41 Å². The molecule has 2 aliphatic heterocycles. The van der Waals surface area contributed by atoms with Crippen LogP contribution >= 0.6 is 0 Å². The number of aryl methyl sites for hydroxylation is 1. The van der Waals surface area contributed by atoms with Gasteiger partial charge in [0.15, 0.2) is 16.6 Å². The first-order valence-corrected chi connectivity index (χ1v) is 22.2. The molecular weight excluding hydrogens is 537 g/mol. The topological polar surface area (TPSA) is 27.7 Å². The fraction of sp³-hybridized carbons (Fsp3) is 0.778. The lowest BCUT2D eigenvalue weighted by Gasteiger charge is -2.47. The van der Waals surface area contributed by atoms with Crippen LogP contribution in [0.2, 0.25) is 36.3 Å². The molecule has 0 aromatic heterocycles. The van der Waals surface area contributed by atoms with E-state index >= 15 is 0 Å². The summed E-state index contributed by atoms with van der Waals surface area (Å²) in [6.07, 6.45) is 10.4. The summed E-state index contributed by atoms with van der Waals surface area (Å²) in [5.74, 6) is 0.456. The van der Waals surface area contributed by atoms with Crippen LogP contribution in [0.4, 0.5) is 0 Å². The van der Waals surface area contributed by atoms with Crippen LogP contribution in [0.15, 0.2) is 24.3 Å². The highest BCUT2D eigenvalue weighted by atomic mass is 28.4. The maximum atomic E-state index is 7.22. The molecule has 0 amide bonds. The monoisotopic (exact) mass is 598 g/mol. The fourth-order valence-corrected chi connectivity index (χ4v) is 8.56. The van der Waals surface area contributed by atoms with E-state index in [1.807, 2.05) is 0 Å². The van der Waals surface area contributed by atoms with Gasteiger partial charge in [-0.15, -0.1) is 0 Å². The molecule has 0 unspecified atom stereocenters. The zero-order valence-electron chi connectivity index (χ0n) is 29.0. The van der Waals surface area contributed by atoms with Crippen molar-refractivity contribution in [1.29, 1.82) is 0 Å². The van der Waals surface area contributed by atoms with E-state index in [1.54, 1.807) is 5.57 Å². The molecule has 41 heavy (non-hydrogen) atoms. The van der Waals surface area contributed by atoms with E-state index in [4.69, 9.17) is 13.6 Å². The predicted molar refractivity (Wildman–Crippen MR) is 181 cm³/mol. The second kappa shape index (κ2) is 11.0. The number of benzene rings is 1. The molecule has 2 fully saturated rings. The van der Waals surface area contributed by atoms with E-state index in [-0.39, 0.29) is 21.3 Å². The zero-order valence-corrected chi connectivity index (χ0v) is 31.0. The Hall–Kier alpha value is -0.726. The lowest BCUT2D eigenvalue weighted by Crippen LogP contribution is -2.53. The van der Waals surface area contributed by atoms with Gasteiger partial charge >= 0.3 is 0 Å². The first-order valence-electron chi connectivity index (χ1n) is 16.4. The fourth-order valence-electron chi connectivity index (χ4n) is 6.45. The standard InChI is InChI=1S/C36H62O3Si2/c1-27-14-15-29(22-31(27)28-16-18-34(8,9)19-17-28)30-23-35(25-37-40(10,11)32(2,3)4)20-21-36(24-30,39-35)26-38-41(12,13)33(5,6)7/h14-16,22,30H,17-21,23-26H2,1-13H3/t30-,35+,36-. The molecule has 232 valence electrons. The number of hydrogen-bond donors (Lipinski definition) is 0. The summed E-state index contributed by atoms with van der Waals surface area (Å²) >= 11 is 0. The minimum atomic E-state index is -1.90. The molecule has 0 spiro atoms. The highest BCUT2D eigenvalue weighted by Gasteiger charge is 2.57. The van der Waals surface area contributed by atoms with E-state index in [9.17, 15) is 0 Å². The molecule has 1 aliphatic carbocycles. The maximum Gasteiger partial charge on any atom is 0.192 e. The summed E-state index contributed by atoms with van der Waals surface area (Å²) in [5, 5.41) is 0.375. The number of rotatable bonds is 8. The summed E-state index contributed by atoms with van der Waals surface area (Å²) in [4.78, 5) is 0. The average molecular weight is 599 g/mol. The van der Waals surface area contributed by atoms with Crippen LogP contribution in [-0.4, -0.2) is 41.1 Å². The SMILES string of the molecule is Cc1ccc([C@H]2C[C@@]3(CO[Si](C)(C)C(C)(C)C)CC[C@@](CO[Si](C)(C)C(C)(C)C)(C2)O3)cc1C1=CCC(C)(C)CC1. The Morgan fingerprint density at radius 3 is 1.78 bits per heavy atom. The van der Waals surface area contributed by atoms with Gasteiger partial charge < -0.3 is 13.6 Å². The molecular formula is C36H62O3Si2. The molecule has 2 saturated heterocycles. The highest BCUT2D eigenvalue weighted by molar-refractivity contribution is 6.74. The Kier molecular flexibility index (Phi) is 8.91. The minimum Gasteiger partial charge on any atom is -0.414 e. The van der Waals surface area contributed by atoms with Gasteiger partial charge in [-0.25, -0.2) is 0 Å². The smallest absolute Gasteiger partial charge is 0.192 e. The van der Waals surface area contributed by atoms with Gasteiger partial charge in [-0.3, -0.25) is 0 Å². The normalized spacial score (nSPS) is 29.0. The van der Waals surface area contributed by atoms with Crippen LogP contribution in [0.25, 0.3) is 5.57 Å². The van der Waals surface area contributed by atoms with E-state index in [0.717, 1.165) is 25.7 Å². The van der Waals surface area contributed by atoms with Crippen molar-refractivity contribution in [2.45, 2.75) is 161 Å². The van der Waals surface area contributed by atoms with Crippen LogP contribution in [0.5, 0.6) is 0 Å². The molecule has 5 heteroatoms. The Labute approximate surface area is 255 Å². The van der Waals surface area contributed by atoms with Crippen LogP contribution in [-0.2, 0) is 13.6 Å². The Bertz CT molecular complexity index is 1090. The van der Waals surface area contributed by atoms with E-state index in [0.29, 0.717) is 24.5 Å². The largest absolute Gasteiger partial charge is 0.414 e. The summed E-state index contributed by atoms with van der Waals surface area (Å²) in [5.41, 5.74) is 5.86. The van der Waals surface area contributed by atoms with Crippen LogP contribution in [0.3, 0.4) is 0 Å². The van der Waals surface area contributed by atoms with Crippen LogP contribution in [0, 0.1) is 12.3 Å². The molecule has 2 heterocycles. The second-order valence-corrected chi connectivity index (χ2v) is 27.5. The maximum absolute atomic E-state index is 7.22. The van der Waals surface area contributed by atoms with Gasteiger partial charge in [0.1, 0.15) is 0 Å². The molecule has 0 N–H and O–H groups in total. The first kappa shape index (κ1) is 33.2. The van der Waals surface area contributed by atoms with Crippen LogP contribution < -0.4 is 0 Å². The van der Waals surface area contributed by atoms with Gasteiger partial charge in [0.2, 0.25) is 0 Å². The number of fused-ring (bicyclic) bond motifs is 2. The molecule has 1 aromatic rings. The Morgan fingerprint density at radius 1 is 0.829 bits per heavy atom.